The number of aliphatic hydroxyl groups is 1. The lowest BCUT2D eigenvalue weighted by atomic mass is 9.85. The Labute approximate surface area is 440 Å². The van der Waals surface area contributed by atoms with E-state index >= 15 is 0 Å². The molecule has 4 N–H and O–H groups in total. The predicted octanol–water partition coefficient (Wildman–Crippen LogP) is 7.45. The van der Waals surface area contributed by atoms with Crippen molar-refractivity contribution in [2.75, 3.05) is 77.6 Å². The summed E-state index contributed by atoms with van der Waals surface area (Å²) in [5.41, 5.74) is 5.76. The van der Waals surface area contributed by atoms with Crippen molar-refractivity contribution in [3.63, 3.8) is 0 Å². The number of fused-ring (bicyclic) bond motifs is 1. The van der Waals surface area contributed by atoms with E-state index in [1.807, 2.05) is 74.2 Å². The van der Waals surface area contributed by atoms with Crippen LogP contribution in [0.4, 0.5) is 19.1 Å². The molecule has 75 heavy (non-hydrogen) atoms. The molecule has 0 spiro atoms. The largest absolute Gasteiger partial charge is 0.416 e. The molecule has 3 aromatic carbocycles. The zero-order valence-electron chi connectivity index (χ0n) is 43.3. The summed E-state index contributed by atoms with van der Waals surface area (Å²) in [5, 5.41) is 18.5. The highest BCUT2D eigenvalue weighted by Gasteiger charge is 2.42. The predicted molar refractivity (Wildman–Crippen MR) is 281 cm³/mol. The van der Waals surface area contributed by atoms with E-state index in [1.165, 1.54) is 12.1 Å². The highest BCUT2D eigenvalue weighted by atomic mass is 32.1. The van der Waals surface area contributed by atoms with E-state index in [0.29, 0.717) is 51.2 Å². The molecule has 1 saturated carbocycles. The van der Waals surface area contributed by atoms with Gasteiger partial charge in [0.25, 0.3) is 5.91 Å². The number of thiazole rings is 1. The summed E-state index contributed by atoms with van der Waals surface area (Å²) in [5.74, 6) is -1.11. The molecule has 0 bridgehead atoms. The van der Waals surface area contributed by atoms with Crippen molar-refractivity contribution in [1.29, 1.82) is 0 Å². The standard InChI is InChI=1S/C55H70F3N9O7S/c1-36-48(75-35-60-36)40-15-10-37(11-16-40)31-59-51(71)46-9-6-20-66(46)52(72)49(54(2,3)4)62-47(69)34-74-28-27-73-26-25-64-21-23-65(24-22-64)32-39-14-19-45-44(29-39)61-53(67(45)43-17-12-38(33-68)13-18-43)63-50(70)41-7-5-8-42(30-41)55(56,57)58/h5,7-8,10-11,14-16,19,29-30,35,38,43,46,49,68H,6,9,12-13,17-18,20-28,31-34H2,1-4H3,(H,59,71)(H,62,69)(H,61,63,70)/t38-,43+,46-,49+/m0/s1. The normalized spacial score (nSPS) is 19.3. The van der Waals surface area contributed by atoms with Crippen LogP contribution in [0.25, 0.3) is 21.5 Å². The monoisotopic (exact) mass is 1060 g/mol. The summed E-state index contributed by atoms with van der Waals surface area (Å²) >= 11 is 1.59. The Bertz CT molecular complexity index is 2750. The van der Waals surface area contributed by atoms with E-state index in [0.717, 1.165) is 103 Å². The summed E-state index contributed by atoms with van der Waals surface area (Å²) in [6.07, 6.45) is -0.178. The first-order chi connectivity index (χ1) is 35.9. The number of carbonyl (C=O) groups excluding carboxylic acids is 4. The second-order valence-corrected chi connectivity index (χ2v) is 21.9. The van der Waals surface area contributed by atoms with Crippen molar-refractivity contribution in [2.45, 2.75) is 104 Å². The van der Waals surface area contributed by atoms with Gasteiger partial charge in [0, 0.05) is 70.6 Å². The number of carbonyl (C=O) groups is 4. The Morgan fingerprint density at radius 2 is 1.57 bits per heavy atom. The van der Waals surface area contributed by atoms with E-state index < -0.39 is 41.1 Å². The SMILES string of the molecule is Cc1ncsc1-c1ccc(CNC(=O)[C@@H]2CCCN2C(=O)[C@@H](NC(=O)COCCOCCN2CCN(Cc3ccc4c(c3)nc(NC(=O)c3cccc(C(F)(F)F)c3)n4[C@H]3CC[C@@H](CO)CC3)CC2)C(C)(C)C)cc1. The number of likely N-dealkylation sites (tertiary alicyclic amines) is 1. The summed E-state index contributed by atoms with van der Waals surface area (Å²) in [4.78, 5) is 70.5. The number of alkyl halides is 3. The summed E-state index contributed by atoms with van der Waals surface area (Å²) in [6, 6.07) is 17.0. The Kier molecular flexibility index (Phi) is 18.4. The number of nitrogens with zero attached hydrogens (tertiary/aromatic N) is 6. The topological polar surface area (TPSA) is 183 Å². The highest BCUT2D eigenvalue weighted by Crippen LogP contribution is 2.38. The molecule has 0 radical (unpaired) electrons. The minimum absolute atomic E-state index is 0.000841. The van der Waals surface area contributed by atoms with Gasteiger partial charge in [-0.15, -0.1) is 11.3 Å². The van der Waals surface area contributed by atoms with Gasteiger partial charge in [0.05, 0.1) is 52.5 Å². The molecule has 2 atom stereocenters. The molecule has 2 saturated heterocycles. The first-order valence-corrected chi connectivity index (χ1v) is 26.9. The highest BCUT2D eigenvalue weighted by molar-refractivity contribution is 7.13. The van der Waals surface area contributed by atoms with Gasteiger partial charge in [0.15, 0.2) is 0 Å². The van der Waals surface area contributed by atoms with Gasteiger partial charge in [0.1, 0.15) is 18.7 Å². The summed E-state index contributed by atoms with van der Waals surface area (Å²) in [6.45, 7) is 14.1. The van der Waals surface area contributed by atoms with Crippen LogP contribution in [0, 0.1) is 18.3 Å². The third-order valence-electron chi connectivity index (χ3n) is 14.6. The van der Waals surface area contributed by atoms with Crippen LogP contribution in [0.1, 0.15) is 98.1 Å². The molecule has 2 aromatic heterocycles. The third-order valence-corrected chi connectivity index (χ3v) is 15.6. The number of hydrogen-bond acceptors (Lipinski definition) is 12. The molecule has 4 heterocycles. The number of piperazine rings is 1. The number of ether oxygens (including phenoxy) is 2. The van der Waals surface area contributed by atoms with Crippen LogP contribution >= 0.6 is 11.3 Å². The van der Waals surface area contributed by atoms with Crippen LogP contribution in [0.5, 0.6) is 0 Å². The number of aromatic nitrogens is 3. The number of anilines is 1. The Morgan fingerprint density at radius 1 is 0.853 bits per heavy atom. The van der Waals surface area contributed by atoms with E-state index in [2.05, 4.69) is 36.8 Å². The van der Waals surface area contributed by atoms with Gasteiger partial charge in [-0.1, -0.05) is 57.2 Å². The molecule has 0 unspecified atom stereocenters. The van der Waals surface area contributed by atoms with Crippen LogP contribution in [-0.4, -0.2) is 142 Å². The number of hydrogen-bond donors (Lipinski definition) is 4. The number of rotatable bonds is 20. The number of amides is 4. The van der Waals surface area contributed by atoms with Gasteiger partial charge >= 0.3 is 6.18 Å². The molecule has 1 aliphatic carbocycles. The fraction of sp³-hybridized carbons (Fsp3) is 0.527. The average molecular weight is 1060 g/mol. The first kappa shape index (κ1) is 55.5. The van der Waals surface area contributed by atoms with Crippen molar-refractivity contribution in [3.8, 4) is 10.4 Å². The molecule has 5 aromatic rings. The van der Waals surface area contributed by atoms with Crippen molar-refractivity contribution >= 4 is 51.9 Å². The van der Waals surface area contributed by atoms with Crippen LogP contribution in [-0.2, 0) is 43.1 Å². The molecular formula is C55H70F3N9O7S. The van der Waals surface area contributed by atoms with Crippen molar-refractivity contribution < 1.29 is 46.9 Å². The molecule has 404 valence electrons. The van der Waals surface area contributed by atoms with Crippen molar-refractivity contribution in [1.82, 2.24) is 39.9 Å². The van der Waals surface area contributed by atoms with Crippen LogP contribution in [0.15, 0.2) is 72.2 Å². The van der Waals surface area contributed by atoms with Gasteiger partial charge in [-0.05, 0) is 104 Å². The molecule has 8 rings (SSSR count). The Hall–Kier alpha value is -5.77. The van der Waals surface area contributed by atoms with E-state index in [9.17, 15) is 37.5 Å². The maximum absolute atomic E-state index is 14.0. The second kappa shape index (κ2) is 24.9. The third kappa shape index (κ3) is 14.4. The van der Waals surface area contributed by atoms with Gasteiger partial charge in [-0.25, -0.2) is 9.97 Å². The van der Waals surface area contributed by atoms with Gasteiger partial charge < -0.3 is 34.7 Å². The van der Waals surface area contributed by atoms with E-state index in [1.54, 1.807) is 16.2 Å². The molecule has 2 aliphatic heterocycles. The average Bonchev–Trinajstić information content (AvgIpc) is 4.16. The fourth-order valence-corrected chi connectivity index (χ4v) is 11.1. The zero-order chi connectivity index (χ0) is 53.3. The minimum Gasteiger partial charge on any atom is -0.396 e. The lowest BCUT2D eigenvalue weighted by Crippen LogP contribution is -2.58. The van der Waals surface area contributed by atoms with Gasteiger partial charge in [-0.2, -0.15) is 13.2 Å². The van der Waals surface area contributed by atoms with Crippen LogP contribution < -0.4 is 16.0 Å². The second-order valence-electron chi connectivity index (χ2n) is 21.0. The van der Waals surface area contributed by atoms with E-state index in [-0.39, 0.29) is 55.1 Å². The fourth-order valence-electron chi connectivity index (χ4n) is 10.3. The lowest BCUT2D eigenvalue weighted by Gasteiger charge is -2.35. The molecule has 4 amide bonds. The van der Waals surface area contributed by atoms with E-state index in [4.69, 9.17) is 14.5 Å². The maximum atomic E-state index is 14.0. The molecular weight excluding hydrogens is 988 g/mol. The minimum atomic E-state index is -4.58. The van der Waals surface area contributed by atoms with Crippen LogP contribution in [0.3, 0.4) is 0 Å². The molecule has 16 nitrogen and oxygen atoms in total. The van der Waals surface area contributed by atoms with Crippen molar-refractivity contribution in [3.05, 3.63) is 100 Å². The first-order valence-electron chi connectivity index (χ1n) is 26.0. The lowest BCUT2D eigenvalue weighted by molar-refractivity contribution is -0.144. The Balaban J connectivity index is 0.744. The molecule has 3 fully saturated rings. The Morgan fingerprint density at radius 3 is 2.27 bits per heavy atom. The smallest absolute Gasteiger partial charge is 0.396 e. The number of aryl methyl sites for hydroxylation is 1. The summed E-state index contributed by atoms with van der Waals surface area (Å²) in [7, 11) is 0. The zero-order valence-corrected chi connectivity index (χ0v) is 44.1. The maximum Gasteiger partial charge on any atom is 0.416 e. The number of imidazole rings is 1. The number of benzene rings is 3. The van der Waals surface area contributed by atoms with Crippen LogP contribution in [0.2, 0.25) is 0 Å². The number of nitrogens with one attached hydrogen (secondary N) is 3. The van der Waals surface area contributed by atoms with Gasteiger partial charge in [-0.3, -0.25) is 34.3 Å². The van der Waals surface area contributed by atoms with Crippen molar-refractivity contribution in [2.24, 2.45) is 11.3 Å². The van der Waals surface area contributed by atoms with Gasteiger partial charge in [0.2, 0.25) is 23.7 Å². The number of halogens is 3. The number of aliphatic hydroxyl groups excluding tert-OH is 1. The summed E-state index contributed by atoms with van der Waals surface area (Å²) < 4.78 is 53.9. The molecule has 3 aliphatic rings. The quantitative estimate of drug-likeness (QED) is 0.0568. The molecule has 20 heteroatoms.